The molecule has 0 spiro atoms. The fourth-order valence-corrected chi connectivity index (χ4v) is 1.88. The lowest BCUT2D eigenvalue weighted by molar-refractivity contribution is 0.112. The first-order valence-corrected chi connectivity index (χ1v) is 5.96. The summed E-state index contributed by atoms with van der Waals surface area (Å²) in [7, 11) is 0. The van der Waals surface area contributed by atoms with Crippen LogP contribution in [-0.2, 0) is 0 Å². The highest BCUT2D eigenvalue weighted by Crippen LogP contribution is 2.26. The lowest BCUT2D eigenvalue weighted by atomic mass is 10.1. The highest BCUT2D eigenvalue weighted by molar-refractivity contribution is 6.32. The molecule has 0 saturated heterocycles. The molecule has 2 aromatic heterocycles. The number of halogens is 1. The van der Waals surface area contributed by atoms with Gasteiger partial charge in [0.15, 0.2) is 12.1 Å². The van der Waals surface area contributed by atoms with Crippen LogP contribution in [0.1, 0.15) is 41.5 Å². The molecule has 2 heterocycles. The zero-order valence-corrected chi connectivity index (χ0v) is 11.1. The summed E-state index contributed by atoms with van der Waals surface area (Å²) in [6.07, 6.45) is 0.725. The number of hydrogen-bond donors (Lipinski definition) is 0. The summed E-state index contributed by atoms with van der Waals surface area (Å²) in [6, 6.07) is 3.58. The quantitative estimate of drug-likeness (QED) is 0.800. The van der Waals surface area contributed by atoms with E-state index in [1.165, 1.54) is 4.68 Å². The Hall–Kier alpha value is -1.75. The molecule has 0 N–H and O–H groups in total. The first kappa shape index (κ1) is 12.7. The molecule has 0 aromatic carbocycles. The molecule has 0 atom stereocenters. The number of aldehydes is 1. The van der Waals surface area contributed by atoms with Crippen molar-refractivity contribution in [1.29, 1.82) is 0 Å². The normalized spacial score (nSPS) is 10.9. The van der Waals surface area contributed by atoms with Crippen molar-refractivity contribution in [3.8, 4) is 5.82 Å². The second kappa shape index (κ2) is 4.86. The van der Waals surface area contributed by atoms with Crippen molar-refractivity contribution in [3.63, 3.8) is 0 Å². The summed E-state index contributed by atoms with van der Waals surface area (Å²) in [4.78, 5) is 11.1. The average Bonchev–Trinajstić information content (AvgIpc) is 2.67. The van der Waals surface area contributed by atoms with E-state index in [-0.39, 0.29) is 11.1 Å². The summed E-state index contributed by atoms with van der Waals surface area (Å²) in [5.41, 5.74) is 1.88. The fraction of sp³-hybridized carbons (Fsp3) is 0.333. The standard InChI is InChI=1S/C12H13ClN4O/c1-7(2)11-9(6-18)12(13)17(16-11)10-5-4-8(3)14-15-10/h4-7H,1-3H3. The second-order valence-electron chi connectivity index (χ2n) is 4.31. The van der Waals surface area contributed by atoms with E-state index in [0.717, 1.165) is 12.0 Å². The van der Waals surface area contributed by atoms with Crippen molar-refractivity contribution < 1.29 is 4.79 Å². The molecular formula is C12H13ClN4O. The van der Waals surface area contributed by atoms with Crippen LogP contribution in [0.25, 0.3) is 5.82 Å². The van der Waals surface area contributed by atoms with Crippen LogP contribution >= 0.6 is 11.6 Å². The van der Waals surface area contributed by atoms with Crippen LogP contribution in [-0.4, -0.2) is 26.3 Å². The van der Waals surface area contributed by atoms with E-state index in [1.807, 2.05) is 26.8 Å². The molecule has 0 aliphatic heterocycles. The van der Waals surface area contributed by atoms with Crippen LogP contribution in [0.5, 0.6) is 0 Å². The number of carbonyl (C=O) groups excluding carboxylic acids is 1. The lowest BCUT2D eigenvalue weighted by Crippen LogP contribution is -2.02. The fourth-order valence-electron chi connectivity index (χ4n) is 1.62. The van der Waals surface area contributed by atoms with E-state index in [9.17, 15) is 4.79 Å². The van der Waals surface area contributed by atoms with Gasteiger partial charge in [0.2, 0.25) is 0 Å². The van der Waals surface area contributed by atoms with Crippen LogP contribution in [0.3, 0.4) is 0 Å². The van der Waals surface area contributed by atoms with Gasteiger partial charge >= 0.3 is 0 Å². The molecule has 0 amide bonds. The predicted octanol–water partition coefficient (Wildman–Crippen LogP) is 2.56. The van der Waals surface area contributed by atoms with Crippen LogP contribution in [0.15, 0.2) is 12.1 Å². The van der Waals surface area contributed by atoms with E-state index >= 15 is 0 Å². The van der Waals surface area contributed by atoms with Gasteiger partial charge in [-0.05, 0) is 25.0 Å². The molecule has 0 unspecified atom stereocenters. The maximum Gasteiger partial charge on any atom is 0.177 e. The Kier molecular flexibility index (Phi) is 3.43. The van der Waals surface area contributed by atoms with Crippen molar-refractivity contribution in [2.75, 3.05) is 0 Å². The van der Waals surface area contributed by atoms with Gasteiger partial charge in [0.25, 0.3) is 0 Å². The van der Waals surface area contributed by atoms with E-state index in [2.05, 4.69) is 15.3 Å². The largest absolute Gasteiger partial charge is 0.298 e. The summed E-state index contributed by atoms with van der Waals surface area (Å²) in [5.74, 6) is 0.614. The minimum atomic E-state index is 0.113. The van der Waals surface area contributed by atoms with Crippen molar-refractivity contribution in [3.05, 3.63) is 34.2 Å². The van der Waals surface area contributed by atoms with Crippen LogP contribution in [0, 0.1) is 6.92 Å². The minimum absolute atomic E-state index is 0.113. The first-order chi connectivity index (χ1) is 8.54. The number of aromatic nitrogens is 4. The highest BCUT2D eigenvalue weighted by Gasteiger charge is 2.19. The molecule has 0 aliphatic rings. The van der Waals surface area contributed by atoms with Gasteiger partial charge in [-0.2, -0.15) is 10.2 Å². The smallest absolute Gasteiger partial charge is 0.177 e. The molecule has 0 fully saturated rings. The van der Waals surface area contributed by atoms with Crippen LogP contribution in [0.2, 0.25) is 5.15 Å². The average molecular weight is 265 g/mol. The third-order valence-corrected chi connectivity index (χ3v) is 2.92. The van der Waals surface area contributed by atoms with Crippen LogP contribution < -0.4 is 0 Å². The van der Waals surface area contributed by atoms with E-state index in [4.69, 9.17) is 11.6 Å². The van der Waals surface area contributed by atoms with Crippen molar-refractivity contribution in [1.82, 2.24) is 20.0 Å². The van der Waals surface area contributed by atoms with Gasteiger partial charge in [-0.3, -0.25) is 4.79 Å². The van der Waals surface area contributed by atoms with Gasteiger partial charge in [0, 0.05) is 0 Å². The molecule has 2 rings (SSSR count). The van der Waals surface area contributed by atoms with E-state index < -0.39 is 0 Å². The monoisotopic (exact) mass is 264 g/mol. The van der Waals surface area contributed by atoms with Crippen molar-refractivity contribution in [2.24, 2.45) is 0 Å². The number of carbonyl (C=O) groups is 1. The zero-order chi connectivity index (χ0) is 13.3. The third-order valence-electron chi connectivity index (χ3n) is 2.56. The van der Waals surface area contributed by atoms with Gasteiger partial charge in [-0.15, -0.1) is 5.10 Å². The minimum Gasteiger partial charge on any atom is -0.298 e. The maximum absolute atomic E-state index is 11.1. The molecule has 0 bridgehead atoms. The summed E-state index contributed by atoms with van der Waals surface area (Å²) in [6.45, 7) is 5.76. The SMILES string of the molecule is Cc1ccc(-n2nc(C(C)C)c(C=O)c2Cl)nn1. The topological polar surface area (TPSA) is 60.7 Å². The molecular weight excluding hydrogens is 252 g/mol. The molecule has 94 valence electrons. The number of hydrogen-bond acceptors (Lipinski definition) is 4. The van der Waals surface area contributed by atoms with Gasteiger partial charge in [0.05, 0.1) is 17.0 Å². The molecule has 5 nitrogen and oxygen atoms in total. The van der Waals surface area contributed by atoms with Gasteiger partial charge in [-0.25, -0.2) is 4.68 Å². The molecule has 2 aromatic rings. The van der Waals surface area contributed by atoms with Crippen LogP contribution in [0.4, 0.5) is 0 Å². The zero-order valence-electron chi connectivity index (χ0n) is 10.4. The molecule has 0 aliphatic carbocycles. The maximum atomic E-state index is 11.1. The van der Waals surface area contributed by atoms with E-state index in [0.29, 0.717) is 17.1 Å². The molecule has 0 saturated carbocycles. The van der Waals surface area contributed by atoms with Gasteiger partial charge < -0.3 is 0 Å². The number of aryl methyl sites for hydroxylation is 1. The Morgan fingerprint density at radius 1 is 1.33 bits per heavy atom. The second-order valence-corrected chi connectivity index (χ2v) is 4.67. The molecule has 6 heteroatoms. The lowest BCUT2D eigenvalue weighted by Gasteiger charge is -2.01. The number of nitrogens with zero attached hydrogens (tertiary/aromatic N) is 4. The van der Waals surface area contributed by atoms with Crippen molar-refractivity contribution >= 4 is 17.9 Å². The Morgan fingerprint density at radius 2 is 2.06 bits per heavy atom. The number of rotatable bonds is 3. The Morgan fingerprint density at radius 3 is 2.50 bits per heavy atom. The Labute approximate surface area is 110 Å². The van der Waals surface area contributed by atoms with E-state index in [1.54, 1.807) is 6.07 Å². The Balaban J connectivity index is 2.58. The van der Waals surface area contributed by atoms with Gasteiger partial charge in [0.1, 0.15) is 5.15 Å². The third kappa shape index (κ3) is 2.13. The van der Waals surface area contributed by atoms with Gasteiger partial charge in [-0.1, -0.05) is 25.4 Å². The van der Waals surface area contributed by atoms with Crippen molar-refractivity contribution in [2.45, 2.75) is 26.7 Å². The first-order valence-electron chi connectivity index (χ1n) is 5.59. The summed E-state index contributed by atoms with van der Waals surface area (Å²) in [5, 5.41) is 12.6. The highest BCUT2D eigenvalue weighted by atomic mass is 35.5. The predicted molar refractivity (Wildman–Crippen MR) is 68.4 cm³/mol. The summed E-state index contributed by atoms with van der Waals surface area (Å²) >= 11 is 6.15. The molecule has 18 heavy (non-hydrogen) atoms. The Bertz CT molecular complexity index is 575. The summed E-state index contributed by atoms with van der Waals surface area (Å²) < 4.78 is 1.44. The molecule has 0 radical (unpaired) electrons.